The van der Waals surface area contributed by atoms with Crippen molar-refractivity contribution in [2.45, 2.75) is 19.5 Å². The lowest BCUT2D eigenvalue weighted by molar-refractivity contribution is 0.266. The predicted octanol–water partition coefficient (Wildman–Crippen LogP) is 1.58. The lowest BCUT2D eigenvalue weighted by Crippen LogP contribution is -2.34. The van der Waals surface area contributed by atoms with Gasteiger partial charge in [0, 0.05) is 25.7 Å². The Labute approximate surface area is 114 Å². The van der Waals surface area contributed by atoms with Crippen molar-refractivity contribution in [2.75, 3.05) is 32.1 Å². The first-order valence-corrected chi connectivity index (χ1v) is 6.67. The molecule has 2 N–H and O–H groups in total. The van der Waals surface area contributed by atoms with Crippen LogP contribution in [0.4, 0.5) is 5.82 Å². The quantitative estimate of drug-likeness (QED) is 0.904. The number of halogens is 1. The number of rotatable bonds is 3. The highest BCUT2D eigenvalue weighted by molar-refractivity contribution is 6.31. The predicted molar refractivity (Wildman–Crippen MR) is 76.0 cm³/mol. The monoisotopic (exact) mass is 268 g/mol. The summed E-state index contributed by atoms with van der Waals surface area (Å²) in [5.41, 5.74) is 6.42. The van der Waals surface area contributed by atoms with Crippen LogP contribution in [0.2, 0.25) is 5.02 Å². The highest BCUT2D eigenvalue weighted by atomic mass is 35.5. The van der Waals surface area contributed by atoms with E-state index in [-0.39, 0.29) is 0 Å². The number of nitrogens with two attached hydrogens (primary N) is 1. The van der Waals surface area contributed by atoms with Crippen molar-refractivity contribution in [3.63, 3.8) is 0 Å². The summed E-state index contributed by atoms with van der Waals surface area (Å²) in [6.07, 6.45) is 0. The first-order valence-electron chi connectivity index (χ1n) is 6.29. The van der Waals surface area contributed by atoms with Crippen LogP contribution < -0.4 is 10.6 Å². The van der Waals surface area contributed by atoms with Gasteiger partial charge in [0.2, 0.25) is 0 Å². The van der Waals surface area contributed by atoms with Gasteiger partial charge < -0.3 is 15.5 Å². The Bertz CT molecular complexity index is 421. The third kappa shape index (κ3) is 2.60. The smallest absolute Gasteiger partial charge is 0.129 e. The Morgan fingerprint density at radius 2 is 2.17 bits per heavy atom. The first kappa shape index (κ1) is 13.6. The maximum atomic E-state index is 6.04. The normalized spacial score (nSPS) is 24.0. The summed E-state index contributed by atoms with van der Waals surface area (Å²) in [6, 6.07) is 4.44. The molecule has 100 valence electrons. The summed E-state index contributed by atoms with van der Waals surface area (Å²) in [5, 5.41) is 0.651. The summed E-state index contributed by atoms with van der Waals surface area (Å²) < 4.78 is 0. The maximum Gasteiger partial charge on any atom is 0.129 e. The fourth-order valence-electron chi connectivity index (χ4n) is 2.60. The lowest BCUT2D eigenvalue weighted by atomic mass is 10.1. The number of hydrogen-bond donors (Lipinski definition) is 1. The van der Waals surface area contributed by atoms with Crippen molar-refractivity contribution < 1.29 is 0 Å². The van der Waals surface area contributed by atoms with Crippen LogP contribution in [0.5, 0.6) is 0 Å². The molecular formula is C13H21ClN4. The minimum absolute atomic E-state index is 0.382. The average molecular weight is 269 g/mol. The van der Waals surface area contributed by atoms with E-state index in [2.05, 4.69) is 35.8 Å². The van der Waals surface area contributed by atoms with Gasteiger partial charge in [0.25, 0.3) is 0 Å². The number of anilines is 1. The first-order chi connectivity index (χ1) is 8.52. The molecule has 0 bridgehead atoms. The van der Waals surface area contributed by atoms with Gasteiger partial charge in [0.1, 0.15) is 5.82 Å². The molecule has 2 heterocycles. The third-order valence-corrected chi connectivity index (χ3v) is 4.00. The van der Waals surface area contributed by atoms with Crippen LogP contribution in [0, 0.1) is 5.92 Å². The second-order valence-electron chi connectivity index (χ2n) is 5.22. The van der Waals surface area contributed by atoms with E-state index in [0.717, 1.165) is 24.6 Å². The number of hydrogen-bond acceptors (Lipinski definition) is 4. The topological polar surface area (TPSA) is 45.4 Å². The molecule has 18 heavy (non-hydrogen) atoms. The number of pyridine rings is 1. The molecule has 1 saturated heterocycles. The van der Waals surface area contributed by atoms with E-state index in [4.69, 9.17) is 17.3 Å². The van der Waals surface area contributed by atoms with Gasteiger partial charge in [-0.05, 0) is 32.1 Å². The molecule has 1 aliphatic rings. The summed E-state index contributed by atoms with van der Waals surface area (Å²) in [7, 11) is 4.26. The van der Waals surface area contributed by atoms with Gasteiger partial charge in [-0.2, -0.15) is 0 Å². The molecule has 0 radical (unpaired) electrons. The van der Waals surface area contributed by atoms with E-state index in [0.29, 0.717) is 23.5 Å². The van der Waals surface area contributed by atoms with E-state index in [1.165, 1.54) is 0 Å². The zero-order valence-corrected chi connectivity index (χ0v) is 12.0. The van der Waals surface area contributed by atoms with Crippen LogP contribution in [-0.2, 0) is 6.54 Å². The molecule has 0 saturated carbocycles. The molecular weight excluding hydrogens is 248 g/mol. The molecule has 1 aromatic rings. The highest BCUT2D eigenvalue weighted by Gasteiger charge is 2.31. The van der Waals surface area contributed by atoms with Gasteiger partial charge in [-0.15, -0.1) is 0 Å². The average Bonchev–Trinajstić information content (AvgIpc) is 2.72. The Morgan fingerprint density at radius 1 is 1.44 bits per heavy atom. The van der Waals surface area contributed by atoms with Crippen molar-refractivity contribution in [1.82, 2.24) is 9.88 Å². The van der Waals surface area contributed by atoms with E-state index < -0.39 is 0 Å². The Balaban J connectivity index is 2.18. The van der Waals surface area contributed by atoms with Crippen molar-refractivity contribution in [3.05, 3.63) is 22.8 Å². The van der Waals surface area contributed by atoms with Crippen LogP contribution in [0.15, 0.2) is 12.1 Å². The molecule has 2 atom stereocenters. The highest BCUT2D eigenvalue weighted by Crippen LogP contribution is 2.26. The summed E-state index contributed by atoms with van der Waals surface area (Å²) in [4.78, 5) is 9.14. The Hall–Kier alpha value is -0.840. The minimum atomic E-state index is 0.382. The number of nitrogens with zero attached hydrogens (tertiary/aromatic N) is 3. The summed E-state index contributed by atoms with van der Waals surface area (Å²) in [5.74, 6) is 1.62. The zero-order valence-electron chi connectivity index (χ0n) is 11.2. The van der Waals surface area contributed by atoms with Crippen LogP contribution in [0.3, 0.4) is 0 Å². The standard InChI is InChI=1S/C13H21ClN4/c1-9-7-18(8-12(9)17(2)3)13-5-4-10(14)11(6-15)16-13/h4-5,9,12H,6-8,15H2,1-3H3. The Morgan fingerprint density at radius 3 is 2.72 bits per heavy atom. The van der Waals surface area contributed by atoms with Gasteiger partial charge in [0.05, 0.1) is 10.7 Å². The van der Waals surface area contributed by atoms with Gasteiger partial charge in [-0.1, -0.05) is 18.5 Å². The molecule has 2 rings (SSSR count). The third-order valence-electron chi connectivity index (χ3n) is 3.66. The van der Waals surface area contributed by atoms with Gasteiger partial charge >= 0.3 is 0 Å². The van der Waals surface area contributed by atoms with E-state index >= 15 is 0 Å². The fourth-order valence-corrected chi connectivity index (χ4v) is 2.78. The largest absolute Gasteiger partial charge is 0.355 e. The van der Waals surface area contributed by atoms with Crippen molar-refractivity contribution in [1.29, 1.82) is 0 Å². The molecule has 1 fully saturated rings. The van der Waals surface area contributed by atoms with Gasteiger partial charge in [0.15, 0.2) is 0 Å². The molecule has 5 heteroatoms. The van der Waals surface area contributed by atoms with Crippen molar-refractivity contribution in [2.24, 2.45) is 11.7 Å². The molecule has 1 aliphatic heterocycles. The lowest BCUT2D eigenvalue weighted by Gasteiger charge is -2.22. The van der Waals surface area contributed by atoms with E-state index in [1.807, 2.05) is 12.1 Å². The van der Waals surface area contributed by atoms with Gasteiger partial charge in [-0.25, -0.2) is 4.98 Å². The van der Waals surface area contributed by atoms with Gasteiger partial charge in [-0.3, -0.25) is 0 Å². The molecule has 1 aromatic heterocycles. The molecule has 0 spiro atoms. The Kier molecular flexibility index (Phi) is 4.10. The number of likely N-dealkylation sites (N-methyl/N-ethyl adjacent to an activating group) is 1. The molecule has 0 amide bonds. The van der Waals surface area contributed by atoms with Crippen molar-refractivity contribution >= 4 is 17.4 Å². The molecule has 2 unspecified atom stereocenters. The molecule has 4 nitrogen and oxygen atoms in total. The van der Waals surface area contributed by atoms with Crippen LogP contribution in [0.1, 0.15) is 12.6 Å². The fraction of sp³-hybridized carbons (Fsp3) is 0.615. The van der Waals surface area contributed by atoms with E-state index in [9.17, 15) is 0 Å². The summed E-state index contributed by atoms with van der Waals surface area (Å²) >= 11 is 6.04. The van der Waals surface area contributed by atoms with Crippen LogP contribution in [0.25, 0.3) is 0 Å². The zero-order chi connectivity index (χ0) is 13.3. The minimum Gasteiger partial charge on any atom is -0.355 e. The van der Waals surface area contributed by atoms with Crippen LogP contribution in [-0.4, -0.2) is 43.1 Å². The number of aromatic nitrogens is 1. The summed E-state index contributed by atoms with van der Waals surface area (Å²) in [6.45, 7) is 4.70. The second-order valence-corrected chi connectivity index (χ2v) is 5.62. The molecule has 0 aromatic carbocycles. The van der Waals surface area contributed by atoms with E-state index in [1.54, 1.807) is 0 Å². The maximum absolute atomic E-state index is 6.04. The molecule has 0 aliphatic carbocycles. The SMILES string of the molecule is CC1CN(c2ccc(Cl)c(CN)n2)CC1N(C)C. The van der Waals surface area contributed by atoms with Crippen LogP contribution >= 0.6 is 11.6 Å². The second kappa shape index (κ2) is 5.43. The van der Waals surface area contributed by atoms with Crippen molar-refractivity contribution in [3.8, 4) is 0 Å².